The van der Waals surface area contributed by atoms with Crippen molar-refractivity contribution in [2.45, 2.75) is 195 Å². The van der Waals surface area contributed by atoms with Gasteiger partial charge in [-0.25, -0.2) is 0 Å². The van der Waals surface area contributed by atoms with Crippen LogP contribution in [0.15, 0.2) is 36.0 Å². The van der Waals surface area contributed by atoms with Crippen LogP contribution >= 0.6 is 0 Å². The summed E-state index contributed by atoms with van der Waals surface area (Å²) in [5.41, 5.74) is 2.46. The molecule has 3 saturated carbocycles. The number of allylic oxidation sites excluding steroid dienone is 4. The number of unbranched alkanes of at least 4 members (excludes halogenated alkanes) is 7. The van der Waals surface area contributed by atoms with Crippen molar-refractivity contribution in [1.29, 1.82) is 0 Å². The lowest BCUT2D eigenvalue weighted by molar-refractivity contribution is -0.151. The first kappa shape index (κ1) is 39.4. The van der Waals surface area contributed by atoms with Crippen molar-refractivity contribution in [2.24, 2.45) is 46.3 Å². The molecule has 0 heterocycles. The van der Waals surface area contributed by atoms with Gasteiger partial charge < -0.3 is 9.84 Å². The zero-order valence-corrected chi connectivity index (χ0v) is 32.3. The van der Waals surface area contributed by atoms with Gasteiger partial charge in [0.25, 0.3) is 0 Å². The average molecular weight is 665 g/mol. The van der Waals surface area contributed by atoms with E-state index in [-0.39, 0.29) is 18.2 Å². The molecule has 0 aromatic rings. The van der Waals surface area contributed by atoms with Crippen LogP contribution in [0.25, 0.3) is 0 Å². The zero-order valence-electron chi connectivity index (χ0n) is 32.3. The highest BCUT2D eigenvalue weighted by Gasteiger charge is 2.59. The summed E-state index contributed by atoms with van der Waals surface area (Å²) in [6.45, 7) is 14.8. The predicted molar refractivity (Wildman–Crippen MR) is 204 cm³/mol. The van der Waals surface area contributed by atoms with Gasteiger partial charge in [-0.05, 0) is 117 Å². The first-order valence-corrected chi connectivity index (χ1v) is 21.0. The summed E-state index contributed by atoms with van der Waals surface area (Å²) in [4.78, 5) is 12.8. The molecule has 1 N–H and O–H groups in total. The fourth-order valence-corrected chi connectivity index (χ4v) is 11.1. The van der Waals surface area contributed by atoms with Crippen LogP contribution in [-0.2, 0) is 9.53 Å². The topological polar surface area (TPSA) is 46.5 Å². The molecule has 3 nitrogen and oxygen atoms in total. The molecule has 3 heteroatoms. The van der Waals surface area contributed by atoms with Gasteiger partial charge in [0.05, 0.1) is 6.10 Å². The van der Waals surface area contributed by atoms with E-state index in [1.54, 1.807) is 5.57 Å². The number of carbonyl (C=O) groups excluding carboxylic acids is 1. The van der Waals surface area contributed by atoms with Crippen LogP contribution in [0.5, 0.6) is 0 Å². The smallest absolute Gasteiger partial charge is 0.306 e. The van der Waals surface area contributed by atoms with E-state index in [0.717, 1.165) is 93.3 Å². The Morgan fingerprint density at radius 1 is 0.896 bits per heavy atom. The van der Waals surface area contributed by atoms with Crippen molar-refractivity contribution in [3.05, 3.63) is 36.0 Å². The van der Waals surface area contributed by atoms with E-state index in [0.29, 0.717) is 17.3 Å². The molecule has 0 saturated heterocycles. The highest BCUT2D eigenvalue weighted by atomic mass is 16.5. The van der Waals surface area contributed by atoms with Gasteiger partial charge in [-0.3, -0.25) is 4.79 Å². The molecule has 0 amide bonds. The third kappa shape index (κ3) is 10.6. The molecule has 9 atom stereocenters. The zero-order chi connectivity index (χ0) is 34.6. The van der Waals surface area contributed by atoms with Crippen molar-refractivity contribution >= 4 is 5.97 Å². The van der Waals surface area contributed by atoms with E-state index in [2.05, 4.69) is 59.8 Å². The van der Waals surface area contributed by atoms with Crippen molar-refractivity contribution in [3.8, 4) is 0 Å². The molecule has 0 radical (unpaired) electrons. The number of aliphatic hydroxyl groups is 1. The van der Waals surface area contributed by atoms with E-state index in [1.807, 2.05) is 12.2 Å². The molecule has 4 aliphatic rings. The Morgan fingerprint density at radius 2 is 1.69 bits per heavy atom. The summed E-state index contributed by atoms with van der Waals surface area (Å²) in [6.07, 6.45) is 36.4. The number of rotatable bonds is 20. The monoisotopic (exact) mass is 665 g/mol. The van der Waals surface area contributed by atoms with Crippen LogP contribution in [0.2, 0.25) is 0 Å². The van der Waals surface area contributed by atoms with Crippen molar-refractivity contribution in [3.63, 3.8) is 0 Å². The number of hydrogen-bond donors (Lipinski definition) is 1. The van der Waals surface area contributed by atoms with Crippen molar-refractivity contribution in [1.82, 2.24) is 0 Å². The van der Waals surface area contributed by atoms with Gasteiger partial charge in [0.1, 0.15) is 6.10 Å². The quantitative estimate of drug-likeness (QED) is 0.0610. The lowest BCUT2D eigenvalue weighted by Crippen LogP contribution is -2.51. The number of fused-ring (bicyclic) bond motifs is 5. The van der Waals surface area contributed by atoms with Gasteiger partial charge in [-0.15, -0.1) is 0 Å². The molecule has 4 aliphatic carbocycles. The van der Waals surface area contributed by atoms with E-state index in [1.165, 1.54) is 77.0 Å². The largest absolute Gasteiger partial charge is 0.462 e. The second-order valence-electron chi connectivity index (χ2n) is 17.8. The molecule has 0 aromatic heterocycles. The first-order valence-electron chi connectivity index (χ1n) is 21.0. The Morgan fingerprint density at radius 3 is 2.48 bits per heavy atom. The lowest BCUT2D eigenvalue weighted by Gasteiger charge is -2.58. The molecule has 0 spiro atoms. The normalized spacial score (nSPS) is 33.0. The molecular weight excluding hydrogens is 588 g/mol. The maximum atomic E-state index is 12.8. The number of aliphatic hydroxyl groups excluding tert-OH is 1. The third-order valence-corrected chi connectivity index (χ3v) is 14.0. The third-order valence-electron chi connectivity index (χ3n) is 14.0. The van der Waals surface area contributed by atoms with Gasteiger partial charge in [-0.2, -0.15) is 0 Å². The van der Waals surface area contributed by atoms with Gasteiger partial charge in [-0.1, -0.05) is 135 Å². The molecule has 0 unspecified atom stereocenters. The Hall–Kier alpha value is -1.35. The van der Waals surface area contributed by atoms with E-state index < -0.39 is 0 Å². The summed E-state index contributed by atoms with van der Waals surface area (Å²) >= 11 is 0. The van der Waals surface area contributed by atoms with E-state index in [4.69, 9.17) is 4.74 Å². The molecule has 0 bridgehead atoms. The first-order chi connectivity index (χ1) is 23.1. The number of carbonyl (C=O) groups is 1. The average Bonchev–Trinajstić information content (AvgIpc) is 3.41. The standard InChI is InChI=1S/C45H76O3/c1-7-8-9-10-11-13-16-22-37(46)23-17-14-12-15-18-24-43(47)48-38-29-31-44(5)36(33-38)25-26-39-41-28-27-40(35(4)21-19-20-34(2)3)45(41,6)32-30-42(39)44/h11,13,16,22,25,34-35,37-42,46H,7-10,12,14-15,17-21,23-24,26-33H2,1-6H3/b13-11-,22-16+/t35-,37-,38+,39+,40-,41+,42+,44+,45-/m1/s1. The summed E-state index contributed by atoms with van der Waals surface area (Å²) < 4.78 is 6.10. The Bertz CT molecular complexity index is 1050. The number of hydrogen-bond acceptors (Lipinski definition) is 3. The SMILES string of the molecule is CCCCC/C=C\C=C\[C@@H](O)CCCCCCCC(=O)O[C@H]1CC[C@@]2(C)C(=CC[C@H]3[C@@H]4CC[C@H]([C@H](C)CCCC(C)C)[C@@]4(C)CC[C@@H]32)C1. The van der Waals surface area contributed by atoms with Crippen molar-refractivity contribution < 1.29 is 14.6 Å². The van der Waals surface area contributed by atoms with Gasteiger partial charge >= 0.3 is 5.97 Å². The van der Waals surface area contributed by atoms with Gasteiger partial charge in [0.15, 0.2) is 0 Å². The van der Waals surface area contributed by atoms with Crippen LogP contribution in [0.3, 0.4) is 0 Å². The molecule has 0 aliphatic heterocycles. The van der Waals surface area contributed by atoms with Crippen LogP contribution in [-0.4, -0.2) is 23.3 Å². The van der Waals surface area contributed by atoms with E-state index in [9.17, 15) is 9.90 Å². The summed E-state index contributed by atoms with van der Waals surface area (Å²) in [5, 5.41) is 10.2. The minimum atomic E-state index is -0.353. The molecule has 0 aromatic carbocycles. The van der Waals surface area contributed by atoms with Crippen molar-refractivity contribution in [2.75, 3.05) is 0 Å². The second kappa shape index (κ2) is 19.3. The van der Waals surface area contributed by atoms with Crippen LogP contribution in [0, 0.1) is 46.3 Å². The Balaban J connectivity index is 1.13. The van der Waals surface area contributed by atoms with E-state index >= 15 is 0 Å². The minimum absolute atomic E-state index is 0.00846. The maximum Gasteiger partial charge on any atom is 0.306 e. The number of ether oxygens (including phenoxy) is 1. The fraction of sp³-hybridized carbons (Fsp3) is 0.844. The summed E-state index contributed by atoms with van der Waals surface area (Å²) in [5.74, 6) is 5.18. The highest BCUT2D eigenvalue weighted by Crippen LogP contribution is 2.67. The highest BCUT2D eigenvalue weighted by molar-refractivity contribution is 5.69. The summed E-state index contributed by atoms with van der Waals surface area (Å²) in [7, 11) is 0. The fourth-order valence-electron chi connectivity index (χ4n) is 11.1. The Kier molecular flexibility index (Phi) is 15.9. The molecule has 4 rings (SSSR count). The lowest BCUT2D eigenvalue weighted by atomic mass is 9.47. The van der Waals surface area contributed by atoms with Gasteiger partial charge in [0, 0.05) is 12.8 Å². The predicted octanol–water partition coefficient (Wildman–Crippen LogP) is 12.7. The molecule has 48 heavy (non-hydrogen) atoms. The second-order valence-corrected chi connectivity index (χ2v) is 17.8. The molecule has 3 fully saturated rings. The molecule has 274 valence electrons. The van der Waals surface area contributed by atoms with Gasteiger partial charge in [0.2, 0.25) is 0 Å². The Labute approximate surface area is 297 Å². The minimum Gasteiger partial charge on any atom is -0.462 e. The maximum absolute atomic E-state index is 12.8. The van der Waals surface area contributed by atoms with Crippen LogP contribution in [0.1, 0.15) is 183 Å². The molecular formula is C45H76O3. The number of esters is 1. The van der Waals surface area contributed by atoms with Crippen LogP contribution in [0.4, 0.5) is 0 Å². The summed E-state index contributed by atoms with van der Waals surface area (Å²) in [6, 6.07) is 0. The van der Waals surface area contributed by atoms with Crippen LogP contribution < -0.4 is 0 Å².